The topological polar surface area (TPSA) is 96.4 Å². The fourth-order valence-corrected chi connectivity index (χ4v) is 2.50. The molecular weight excluding hydrogens is 317 g/mol. The van der Waals surface area contributed by atoms with Crippen molar-refractivity contribution in [1.82, 2.24) is 9.55 Å². The minimum absolute atomic E-state index is 0.0174. The first-order valence-corrected chi connectivity index (χ1v) is 7.41. The molecule has 0 aliphatic carbocycles. The molecule has 0 spiro atoms. The number of hydrogen-bond acceptors (Lipinski definition) is 6. The zero-order chi connectivity index (χ0) is 17.1. The molecule has 0 saturated carbocycles. The number of carbonyl (C=O) groups is 1. The zero-order valence-electron chi connectivity index (χ0n) is 12.7. The van der Waals surface area contributed by atoms with Gasteiger partial charge in [0.25, 0.3) is 0 Å². The SMILES string of the molecule is Nc1ccn([C@@H]2O[C@H](COC(=O)c3ccccc3)C[C@@H]2F)c(=O)n1. The number of benzene rings is 1. The normalized spacial score (nSPS) is 23.1. The van der Waals surface area contributed by atoms with Gasteiger partial charge < -0.3 is 15.2 Å². The van der Waals surface area contributed by atoms with Gasteiger partial charge in [0.2, 0.25) is 0 Å². The Labute approximate surface area is 136 Å². The van der Waals surface area contributed by atoms with Crippen LogP contribution < -0.4 is 11.4 Å². The summed E-state index contributed by atoms with van der Waals surface area (Å²) < 4.78 is 25.8. The number of halogens is 1. The third-order valence-corrected chi connectivity index (χ3v) is 3.66. The molecule has 3 rings (SSSR count). The summed E-state index contributed by atoms with van der Waals surface area (Å²) in [5, 5.41) is 0. The van der Waals surface area contributed by atoms with Gasteiger partial charge in [-0.25, -0.2) is 14.0 Å². The quantitative estimate of drug-likeness (QED) is 0.848. The monoisotopic (exact) mass is 333 g/mol. The van der Waals surface area contributed by atoms with E-state index < -0.39 is 30.2 Å². The lowest BCUT2D eigenvalue weighted by molar-refractivity contribution is -0.0455. The van der Waals surface area contributed by atoms with Crippen LogP contribution >= 0.6 is 0 Å². The van der Waals surface area contributed by atoms with E-state index in [0.717, 1.165) is 4.57 Å². The van der Waals surface area contributed by atoms with Gasteiger partial charge >= 0.3 is 11.7 Å². The number of ether oxygens (including phenoxy) is 2. The number of esters is 1. The van der Waals surface area contributed by atoms with Crippen molar-refractivity contribution in [2.24, 2.45) is 0 Å². The van der Waals surface area contributed by atoms with Crippen molar-refractivity contribution in [2.45, 2.75) is 24.9 Å². The van der Waals surface area contributed by atoms with Crippen LogP contribution in [-0.2, 0) is 9.47 Å². The van der Waals surface area contributed by atoms with Crippen LogP contribution in [0.4, 0.5) is 10.2 Å². The maximum atomic E-state index is 14.2. The predicted octanol–water partition coefficient (Wildman–Crippen LogP) is 1.31. The Morgan fingerprint density at radius 1 is 1.38 bits per heavy atom. The van der Waals surface area contributed by atoms with Crippen LogP contribution in [0, 0.1) is 0 Å². The number of nitrogens with zero attached hydrogens (tertiary/aromatic N) is 2. The molecule has 1 saturated heterocycles. The van der Waals surface area contributed by atoms with Crippen molar-refractivity contribution >= 4 is 11.8 Å². The van der Waals surface area contributed by atoms with Gasteiger partial charge in [-0.2, -0.15) is 4.98 Å². The second-order valence-electron chi connectivity index (χ2n) is 5.41. The van der Waals surface area contributed by atoms with Gasteiger partial charge in [-0.15, -0.1) is 0 Å². The number of hydrogen-bond donors (Lipinski definition) is 1. The highest BCUT2D eigenvalue weighted by Gasteiger charge is 2.38. The lowest BCUT2D eigenvalue weighted by Crippen LogP contribution is -2.30. The molecule has 0 radical (unpaired) electrons. The van der Waals surface area contributed by atoms with E-state index >= 15 is 0 Å². The van der Waals surface area contributed by atoms with Gasteiger partial charge in [-0.05, 0) is 18.2 Å². The number of carbonyl (C=O) groups excluding carboxylic acids is 1. The van der Waals surface area contributed by atoms with Gasteiger partial charge in [-0.3, -0.25) is 4.57 Å². The van der Waals surface area contributed by atoms with Crippen LogP contribution in [0.2, 0.25) is 0 Å². The maximum Gasteiger partial charge on any atom is 0.351 e. The van der Waals surface area contributed by atoms with Gasteiger partial charge in [0, 0.05) is 12.6 Å². The van der Waals surface area contributed by atoms with Crippen molar-refractivity contribution in [2.75, 3.05) is 12.3 Å². The van der Waals surface area contributed by atoms with Crippen LogP contribution in [0.1, 0.15) is 23.0 Å². The van der Waals surface area contributed by atoms with E-state index in [1.54, 1.807) is 30.3 Å². The molecule has 2 aromatic rings. The highest BCUT2D eigenvalue weighted by Crippen LogP contribution is 2.30. The molecule has 0 amide bonds. The molecular formula is C16H16FN3O4. The number of nitrogen functional groups attached to an aromatic ring is 1. The van der Waals surface area contributed by atoms with Crippen molar-refractivity contribution < 1.29 is 18.7 Å². The van der Waals surface area contributed by atoms with Gasteiger partial charge in [0.15, 0.2) is 6.23 Å². The summed E-state index contributed by atoms with van der Waals surface area (Å²) in [5.74, 6) is -0.456. The van der Waals surface area contributed by atoms with Crippen LogP contribution in [0.5, 0.6) is 0 Å². The van der Waals surface area contributed by atoms with E-state index in [1.807, 2.05) is 0 Å². The van der Waals surface area contributed by atoms with Crippen LogP contribution in [-0.4, -0.2) is 34.4 Å². The first kappa shape index (κ1) is 16.1. The Hall–Kier alpha value is -2.74. The Balaban J connectivity index is 1.62. The molecule has 7 nitrogen and oxygen atoms in total. The summed E-state index contributed by atoms with van der Waals surface area (Å²) in [4.78, 5) is 27.2. The van der Waals surface area contributed by atoms with Gasteiger partial charge in [0.1, 0.15) is 18.6 Å². The average molecular weight is 333 g/mol. The fraction of sp³-hybridized carbons (Fsp3) is 0.312. The second-order valence-corrected chi connectivity index (χ2v) is 5.41. The van der Waals surface area contributed by atoms with Gasteiger partial charge in [-0.1, -0.05) is 18.2 Å². The van der Waals surface area contributed by atoms with E-state index in [1.165, 1.54) is 12.3 Å². The van der Waals surface area contributed by atoms with Crippen LogP contribution in [0.3, 0.4) is 0 Å². The van der Waals surface area contributed by atoms with Crippen molar-refractivity contribution in [3.63, 3.8) is 0 Å². The average Bonchev–Trinajstić information content (AvgIpc) is 2.94. The summed E-state index contributed by atoms with van der Waals surface area (Å²) in [5.41, 5.74) is 5.12. The number of alkyl halides is 1. The Morgan fingerprint density at radius 2 is 2.12 bits per heavy atom. The van der Waals surface area contributed by atoms with E-state index in [-0.39, 0.29) is 18.8 Å². The third-order valence-electron chi connectivity index (χ3n) is 3.66. The van der Waals surface area contributed by atoms with E-state index in [9.17, 15) is 14.0 Å². The Bertz CT molecular complexity index is 780. The molecule has 1 aromatic carbocycles. The summed E-state index contributed by atoms with van der Waals surface area (Å²) in [6.45, 7) is -0.0954. The molecule has 2 N–H and O–H groups in total. The minimum Gasteiger partial charge on any atom is -0.459 e. The summed E-state index contributed by atoms with van der Waals surface area (Å²) in [7, 11) is 0. The van der Waals surface area contributed by atoms with Gasteiger partial charge in [0.05, 0.1) is 11.7 Å². The fourth-order valence-electron chi connectivity index (χ4n) is 2.50. The lowest BCUT2D eigenvalue weighted by Gasteiger charge is -2.16. The van der Waals surface area contributed by atoms with Crippen LogP contribution in [0.15, 0.2) is 47.4 Å². The second kappa shape index (κ2) is 6.79. The number of nitrogens with two attached hydrogens (primary N) is 1. The van der Waals surface area contributed by atoms with E-state index in [2.05, 4.69) is 4.98 Å². The van der Waals surface area contributed by atoms with Crippen molar-refractivity contribution in [1.29, 1.82) is 0 Å². The maximum absolute atomic E-state index is 14.2. The molecule has 0 bridgehead atoms. The predicted molar refractivity (Wildman–Crippen MR) is 83.1 cm³/mol. The molecule has 0 unspecified atom stereocenters. The number of anilines is 1. The van der Waals surface area contributed by atoms with Crippen LogP contribution in [0.25, 0.3) is 0 Å². The van der Waals surface area contributed by atoms with E-state index in [4.69, 9.17) is 15.2 Å². The van der Waals surface area contributed by atoms with E-state index in [0.29, 0.717) is 5.56 Å². The zero-order valence-corrected chi connectivity index (χ0v) is 12.7. The highest BCUT2D eigenvalue weighted by molar-refractivity contribution is 5.89. The van der Waals surface area contributed by atoms with Crippen molar-refractivity contribution in [3.8, 4) is 0 Å². The molecule has 126 valence electrons. The third kappa shape index (κ3) is 3.43. The van der Waals surface area contributed by atoms with Crippen molar-refractivity contribution in [3.05, 3.63) is 58.6 Å². The Kier molecular flexibility index (Phi) is 4.57. The lowest BCUT2D eigenvalue weighted by atomic mass is 10.2. The molecule has 3 atom stereocenters. The molecule has 1 fully saturated rings. The minimum atomic E-state index is -1.41. The molecule has 1 aliphatic heterocycles. The standard InChI is InChI=1S/C16H16FN3O4/c17-12-8-11(9-23-15(21)10-4-2-1-3-5-10)24-14(12)20-7-6-13(18)19-16(20)22/h1-7,11-12,14H,8-9H2,(H2,18,19,22)/t11-,12-,14+/m0/s1. The first-order valence-electron chi connectivity index (χ1n) is 7.41. The Morgan fingerprint density at radius 3 is 2.83 bits per heavy atom. The summed E-state index contributed by atoms with van der Waals surface area (Å²) >= 11 is 0. The highest BCUT2D eigenvalue weighted by atomic mass is 19.1. The molecule has 24 heavy (non-hydrogen) atoms. The molecule has 1 aliphatic rings. The molecule has 2 heterocycles. The summed E-state index contributed by atoms with van der Waals surface area (Å²) in [6, 6.07) is 9.86. The molecule has 8 heteroatoms. The first-order chi connectivity index (χ1) is 11.5. The summed E-state index contributed by atoms with van der Waals surface area (Å²) in [6.07, 6.45) is -1.80. The largest absolute Gasteiger partial charge is 0.459 e. The molecule has 1 aromatic heterocycles. The number of rotatable bonds is 4. The number of aromatic nitrogens is 2. The smallest absolute Gasteiger partial charge is 0.351 e.